The van der Waals surface area contributed by atoms with Crippen LogP contribution in [-0.4, -0.2) is 28.8 Å². The highest BCUT2D eigenvalue weighted by Crippen LogP contribution is 2.27. The Balaban J connectivity index is 2.19. The molecular weight excluding hydrogens is 371 g/mol. The van der Waals surface area contributed by atoms with E-state index in [4.69, 9.17) is 23.2 Å². The van der Waals surface area contributed by atoms with Crippen LogP contribution in [0.4, 0.5) is 0 Å². The maximum absolute atomic E-state index is 12.9. The number of carbonyl (C=O) groups excluding carboxylic acids is 2. The molecule has 144 valence electrons. The highest BCUT2D eigenvalue weighted by atomic mass is 35.5. The molecule has 0 heterocycles. The van der Waals surface area contributed by atoms with Crippen molar-refractivity contribution < 1.29 is 9.59 Å². The minimum absolute atomic E-state index is 0.0772. The van der Waals surface area contributed by atoms with Gasteiger partial charge in [0.25, 0.3) is 0 Å². The number of halogens is 2. The number of benzene rings is 1. The van der Waals surface area contributed by atoms with Crippen LogP contribution in [0.25, 0.3) is 0 Å². The normalized spacial score (nSPS) is 16.2. The van der Waals surface area contributed by atoms with Crippen molar-refractivity contribution in [3.8, 4) is 0 Å². The molecule has 1 aromatic carbocycles. The third-order valence-electron chi connectivity index (χ3n) is 5.03. The Kier molecular flexibility index (Phi) is 8.23. The van der Waals surface area contributed by atoms with Crippen molar-refractivity contribution in [3.05, 3.63) is 33.8 Å². The molecule has 1 fully saturated rings. The van der Waals surface area contributed by atoms with Gasteiger partial charge < -0.3 is 10.2 Å². The van der Waals surface area contributed by atoms with E-state index in [2.05, 4.69) is 5.32 Å². The van der Waals surface area contributed by atoms with Gasteiger partial charge in [0.15, 0.2) is 0 Å². The quantitative estimate of drug-likeness (QED) is 0.705. The van der Waals surface area contributed by atoms with Gasteiger partial charge >= 0.3 is 0 Å². The molecule has 0 saturated heterocycles. The number of rotatable bonds is 7. The number of hydrogen-bond donors (Lipinski definition) is 1. The number of nitrogens with one attached hydrogen (secondary N) is 1. The molecular formula is C20H28Cl2N2O2. The first-order valence-electron chi connectivity index (χ1n) is 9.50. The number of carbonyl (C=O) groups is 2. The second-order valence-electron chi connectivity index (χ2n) is 6.84. The summed E-state index contributed by atoms with van der Waals surface area (Å²) >= 11 is 12.6. The van der Waals surface area contributed by atoms with Crippen molar-refractivity contribution >= 4 is 35.0 Å². The van der Waals surface area contributed by atoms with Crippen LogP contribution in [0.1, 0.15) is 64.4 Å². The van der Waals surface area contributed by atoms with E-state index in [0.29, 0.717) is 28.5 Å². The Bertz CT molecular complexity index is 610. The maximum Gasteiger partial charge on any atom is 0.243 e. The van der Waals surface area contributed by atoms with E-state index < -0.39 is 6.04 Å². The fourth-order valence-electron chi connectivity index (χ4n) is 3.52. The molecule has 4 nitrogen and oxygen atoms in total. The monoisotopic (exact) mass is 398 g/mol. The minimum atomic E-state index is -0.517. The van der Waals surface area contributed by atoms with Gasteiger partial charge in [-0.1, -0.05) is 62.4 Å². The van der Waals surface area contributed by atoms with E-state index in [1.165, 1.54) is 6.42 Å². The Hall–Kier alpha value is -1.26. The van der Waals surface area contributed by atoms with Crippen LogP contribution >= 0.6 is 23.2 Å². The van der Waals surface area contributed by atoms with E-state index in [9.17, 15) is 9.59 Å². The predicted molar refractivity (Wildman–Crippen MR) is 106 cm³/mol. The number of nitrogens with zero attached hydrogens (tertiary/aromatic N) is 1. The summed E-state index contributed by atoms with van der Waals surface area (Å²) in [6, 6.07) is 4.97. The lowest BCUT2D eigenvalue weighted by Crippen LogP contribution is -2.51. The van der Waals surface area contributed by atoms with E-state index in [1.54, 1.807) is 30.0 Å². The highest BCUT2D eigenvalue weighted by molar-refractivity contribution is 6.36. The molecule has 26 heavy (non-hydrogen) atoms. The Morgan fingerprint density at radius 1 is 1.15 bits per heavy atom. The summed E-state index contributed by atoms with van der Waals surface area (Å²) in [5.41, 5.74) is 0.682. The van der Waals surface area contributed by atoms with Crippen LogP contribution < -0.4 is 5.32 Å². The van der Waals surface area contributed by atoms with Crippen LogP contribution in [0.2, 0.25) is 10.0 Å². The zero-order valence-electron chi connectivity index (χ0n) is 15.6. The lowest BCUT2D eigenvalue weighted by atomic mass is 9.95. The summed E-state index contributed by atoms with van der Waals surface area (Å²) in [6.45, 7) is 3.96. The summed E-state index contributed by atoms with van der Waals surface area (Å²) < 4.78 is 0. The predicted octanol–water partition coefficient (Wildman–Crippen LogP) is 4.96. The van der Waals surface area contributed by atoms with Gasteiger partial charge in [-0.15, -0.1) is 0 Å². The SMILES string of the molecule is CCC(=O)N(Cc1c(Cl)cccc1Cl)C(CC)C(=O)NC1CCCCC1. The molecule has 0 aliphatic heterocycles. The first-order valence-corrected chi connectivity index (χ1v) is 10.3. The van der Waals surface area contributed by atoms with Gasteiger partial charge in [-0.05, 0) is 31.4 Å². The van der Waals surface area contributed by atoms with Crippen molar-refractivity contribution in [2.24, 2.45) is 0 Å². The molecule has 1 unspecified atom stereocenters. The molecule has 1 N–H and O–H groups in total. The summed E-state index contributed by atoms with van der Waals surface area (Å²) in [5.74, 6) is -0.156. The second kappa shape index (κ2) is 10.2. The second-order valence-corrected chi connectivity index (χ2v) is 7.66. The molecule has 0 radical (unpaired) electrons. The van der Waals surface area contributed by atoms with E-state index in [1.807, 2.05) is 6.92 Å². The maximum atomic E-state index is 12.9. The summed E-state index contributed by atoms with van der Waals surface area (Å²) in [7, 11) is 0. The van der Waals surface area contributed by atoms with Gasteiger partial charge in [-0.25, -0.2) is 0 Å². The molecule has 1 aliphatic rings. The smallest absolute Gasteiger partial charge is 0.243 e. The van der Waals surface area contributed by atoms with Gasteiger partial charge in [0.1, 0.15) is 6.04 Å². The van der Waals surface area contributed by atoms with E-state index >= 15 is 0 Å². The van der Waals surface area contributed by atoms with Crippen molar-refractivity contribution in [2.45, 2.75) is 77.4 Å². The molecule has 2 rings (SSSR count). The summed E-state index contributed by atoms with van der Waals surface area (Å²) in [6.07, 6.45) is 6.43. The standard InChI is InChI=1S/C20H28Cl2N2O2/c1-3-18(20(26)23-14-9-6-5-7-10-14)24(19(25)4-2)13-15-16(21)11-8-12-17(15)22/h8,11-12,14,18H,3-7,9-10,13H2,1-2H3,(H,23,26). The first kappa shape index (κ1) is 21.0. The van der Waals surface area contributed by atoms with Crippen molar-refractivity contribution in [3.63, 3.8) is 0 Å². The summed E-state index contributed by atoms with van der Waals surface area (Å²) in [5, 5.41) is 4.16. The molecule has 1 atom stereocenters. The van der Waals surface area contributed by atoms with Gasteiger partial charge in [-0.2, -0.15) is 0 Å². The summed E-state index contributed by atoms with van der Waals surface area (Å²) in [4.78, 5) is 27.1. The molecule has 1 saturated carbocycles. The lowest BCUT2D eigenvalue weighted by Gasteiger charge is -2.33. The third-order valence-corrected chi connectivity index (χ3v) is 5.74. The molecule has 2 amide bonds. The number of amides is 2. The molecule has 0 aromatic heterocycles. The Labute approximate surface area is 166 Å². The Morgan fingerprint density at radius 2 is 1.77 bits per heavy atom. The van der Waals surface area contributed by atoms with E-state index in [-0.39, 0.29) is 24.4 Å². The minimum Gasteiger partial charge on any atom is -0.352 e. The average molecular weight is 399 g/mol. The first-order chi connectivity index (χ1) is 12.5. The van der Waals surface area contributed by atoms with Gasteiger partial charge in [-0.3, -0.25) is 9.59 Å². The van der Waals surface area contributed by atoms with Crippen LogP contribution in [0.5, 0.6) is 0 Å². The van der Waals surface area contributed by atoms with Crippen molar-refractivity contribution in [2.75, 3.05) is 0 Å². The third kappa shape index (κ3) is 5.37. The van der Waals surface area contributed by atoms with Crippen molar-refractivity contribution in [1.82, 2.24) is 10.2 Å². The van der Waals surface area contributed by atoms with Gasteiger partial charge in [0.2, 0.25) is 11.8 Å². The highest BCUT2D eigenvalue weighted by Gasteiger charge is 2.30. The van der Waals surface area contributed by atoms with Crippen LogP contribution in [0.15, 0.2) is 18.2 Å². The van der Waals surface area contributed by atoms with Crippen molar-refractivity contribution in [1.29, 1.82) is 0 Å². The molecule has 0 spiro atoms. The van der Waals surface area contributed by atoms with Crippen LogP contribution in [0, 0.1) is 0 Å². The van der Waals surface area contributed by atoms with Gasteiger partial charge in [0, 0.05) is 34.6 Å². The molecule has 6 heteroatoms. The number of hydrogen-bond acceptors (Lipinski definition) is 2. The fraction of sp³-hybridized carbons (Fsp3) is 0.600. The molecule has 1 aromatic rings. The van der Waals surface area contributed by atoms with Gasteiger partial charge in [0.05, 0.1) is 0 Å². The topological polar surface area (TPSA) is 49.4 Å². The molecule has 1 aliphatic carbocycles. The largest absolute Gasteiger partial charge is 0.352 e. The zero-order chi connectivity index (χ0) is 19.1. The Morgan fingerprint density at radius 3 is 2.31 bits per heavy atom. The zero-order valence-corrected chi connectivity index (χ0v) is 17.1. The fourth-order valence-corrected chi connectivity index (χ4v) is 4.04. The van der Waals surface area contributed by atoms with E-state index in [0.717, 1.165) is 25.7 Å². The average Bonchev–Trinajstić information content (AvgIpc) is 2.64. The molecule has 0 bridgehead atoms. The van der Waals surface area contributed by atoms with Crippen LogP contribution in [-0.2, 0) is 16.1 Å². The van der Waals surface area contributed by atoms with Crippen LogP contribution in [0.3, 0.4) is 0 Å². The lowest BCUT2D eigenvalue weighted by molar-refractivity contribution is -0.141.